The van der Waals surface area contributed by atoms with Crippen molar-refractivity contribution in [2.45, 2.75) is 20.8 Å². The van der Waals surface area contributed by atoms with E-state index < -0.39 is 5.91 Å². The summed E-state index contributed by atoms with van der Waals surface area (Å²) in [6.07, 6.45) is 1.01. The summed E-state index contributed by atoms with van der Waals surface area (Å²) in [6, 6.07) is 18.2. The average molecular weight is 437 g/mol. The number of aryl methyl sites for hydroxylation is 3. The van der Waals surface area contributed by atoms with Gasteiger partial charge in [0.2, 0.25) is 6.41 Å². The number of nitrogens with zero attached hydrogens (tertiary/aromatic N) is 1. The van der Waals surface area contributed by atoms with Crippen molar-refractivity contribution in [2.75, 3.05) is 17.3 Å². The molecule has 0 fully saturated rings. The van der Waals surface area contributed by atoms with Crippen molar-refractivity contribution in [3.63, 3.8) is 0 Å². The number of aldehydes is 1. The van der Waals surface area contributed by atoms with Gasteiger partial charge in [0.15, 0.2) is 6.29 Å². The molecule has 0 bridgehead atoms. The van der Waals surface area contributed by atoms with Crippen LogP contribution in [0.4, 0.5) is 11.4 Å². The highest BCUT2D eigenvalue weighted by molar-refractivity contribution is 6.33. The topological polar surface area (TPSA) is 66.5 Å². The number of anilines is 2. The molecule has 0 heterocycles. The SMILES string of the molecule is CNc1ccc(C)cc1.Cc1ccc(C)c(C(=O)N(C=O)c2ccc(Cl)c(C=O)c2)c1. The minimum Gasteiger partial charge on any atom is -0.388 e. The second kappa shape index (κ2) is 11.1. The van der Waals surface area contributed by atoms with E-state index in [1.165, 1.54) is 29.4 Å². The van der Waals surface area contributed by atoms with Gasteiger partial charge >= 0.3 is 0 Å². The highest BCUT2D eigenvalue weighted by Crippen LogP contribution is 2.23. The first-order valence-corrected chi connectivity index (χ1v) is 10.0. The predicted molar refractivity (Wildman–Crippen MR) is 126 cm³/mol. The zero-order valence-corrected chi connectivity index (χ0v) is 18.7. The van der Waals surface area contributed by atoms with E-state index in [0.717, 1.165) is 16.0 Å². The molecular weight excluding hydrogens is 412 g/mol. The summed E-state index contributed by atoms with van der Waals surface area (Å²) in [7, 11) is 1.92. The Morgan fingerprint density at radius 2 is 1.55 bits per heavy atom. The summed E-state index contributed by atoms with van der Waals surface area (Å²) < 4.78 is 0. The van der Waals surface area contributed by atoms with E-state index in [2.05, 4.69) is 36.5 Å². The van der Waals surface area contributed by atoms with Crippen molar-refractivity contribution in [3.05, 3.63) is 93.5 Å². The molecule has 6 heteroatoms. The van der Waals surface area contributed by atoms with Gasteiger partial charge in [-0.1, -0.05) is 47.0 Å². The van der Waals surface area contributed by atoms with Gasteiger partial charge in [-0.3, -0.25) is 14.4 Å². The molecule has 3 aromatic rings. The molecule has 0 saturated carbocycles. The van der Waals surface area contributed by atoms with Crippen molar-refractivity contribution >= 4 is 41.6 Å². The minimum absolute atomic E-state index is 0.222. The number of rotatable bonds is 5. The maximum Gasteiger partial charge on any atom is 0.265 e. The quantitative estimate of drug-likeness (QED) is 0.528. The second-order valence-corrected chi connectivity index (χ2v) is 7.45. The van der Waals surface area contributed by atoms with E-state index in [9.17, 15) is 14.4 Å². The lowest BCUT2D eigenvalue weighted by molar-refractivity contribution is -0.106. The maximum absolute atomic E-state index is 12.6. The van der Waals surface area contributed by atoms with Gasteiger partial charge in [0.25, 0.3) is 5.91 Å². The zero-order chi connectivity index (χ0) is 23.0. The molecule has 0 aromatic heterocycles. The summed E-state index contributed by atoms with van der Waals surface area (Å²) >= 11 is 5.86. The molecule has 0 atom stereocenters. The fraction of sp³-hybridized carbons (Fsp3) is 0.160. The Bertz CT molecular complexity index is 1080. The third-order valence-electron chi connectivity index (χ3n) is 4.67. The zero-order valence-electron chi connectivity index (χ0n) is 18.0. The highest BCUT2D eigenvalue weighted by atomic mass is 35.5. The molecule has 0 saturated heterocycles. The molecule has 5 nitrogen and oxygen atoms in total. The highest BCUT2D eigenvalue weighted by Gasteiger charge is 2.20. The molecule has 31 heavy (non-hydrogen) atoms. The molecule has 0 aliphatic heterocycles. The van der Waals surface area contributed by atoms with Crippen LogP contribution in [0.25, 0.3) is 0 Å². The van der Waals surface area contributed by atoms with Crippen molar-refractivity contribution < 1.29 is 14.4 Å². The molecule has 0 aliphatic rings. The molecule has 1 N–H and O–H groups in total. The van der Waals surface area contributed by atoms with Gasteiger partial charge in [-0.15, -0.1) is 0 Å². The van der Waals surface area contributed by atoms with Crippen LogP contribution >= 0.6 is 11.6 Å². The Balaban J connectivity index is 0.000000316. The number of halogens is 1. The first-order valence-electron chi connectivity index (χ1n) is 9.66. The third-order valence-corrected chi connectivity index (χ3v) is 5.02. The lowest BCUT2D eigenvalue weighted by Crippen LogP contribution is -2.30. The summed E-state index contributed by atoms with van der Waals surface area (Å²) in [5.41, 5.74) is 5.12. The summed E-state index contributed by atoms with van der Waals surface area (Å²) in [5.74, 6) is -0.449. The number of imide groups is 1. The van der Waals surface area contributed by atoms with Crippen LogP contribution in [0, 0.1) is 20.8 Å². The lowest BCUT2D eigenvalue weighted by atomic mass is 10.0. The molecule has 0 spiro atoms. The van der Waals surface area contributed by atoms with Crippen LogP contribution in [-0.2, 0) is 4.79 Å². The molecule has 0 radical (unpaired) electrons. The Hall–Kier alpha value is -3.44. The first kappa shape index (κ1) is 23.8. The van der Waals surface area contributed by atoms with E-state index in [4.69, 9.17) is 11.6 Å². The van der Waals surface area contributed by atoms with E-state index >= 15 is 0 Å². The first-order chi connectivity index (χ1) is 14.8. The Morgan fingerprint density at radius 3 is 2.13 bits per heavy atom. The lowest BCUT2D eigenvalue weighted by Gasteiger charge is -2.18. The number of hydrogen-bond acceptors (Lipinski definition) is 4. The molecule has 2 amide bonds. The van der Waals surface area contributed by atoms with Gasteiger partial charge in [-0.2, -0.15) is 0 Å². The van der Waals surface area contributed by atoms with Crippen molar-refractivity contribution in [1.82, 2.24) is 0 Å². The number of amides is 2. The van der Waals surface area contributed by atoms with Crippen LogP contribution < -0.4 is 10.2 Å². The summed E-state index contributed by atoms with van der Waals surface area (Å²) in [5, 5.41) is 3.32. The fourth-order valence-corrected chi connectivity index (χ4v) is 2.98. The monoisotopic (exact) mass is 436 g/mol. The molecule has 0 unspecified atom stereocenters. The third kappa shape index (κ3) is 6.27. The maximum atomic E-state index is 12.6. The summed E-state index contributed by atoms with van der Waals surface area (Å²) in [4.78, 5) is 35.9. The van der Waals surface area contributed by atoms with Crippen molar-refractivity contribution in [2.24, 2.45) is 0 Å². The van der Waals surface area contributed by atoms with Crippen LogP contribution in [0.3, 0.4) is 0 Å². The van der Waals surface area contributed by atoms with E-state index in [1.807, 2.05) is 26.1 Å². The number of hydrogen-bond donors (Lipinski definition) is 1. The Morgan fingerprint density at radius 1 is 0.903 bits per heavy atom. The van der Waals surface area contributed by atoms with Crippen LogP contribution in [0.1, 0.15) is 37.4 Å². The van der Waals surface area contributed by atoms with Crippen LogP contribution in [-0.4, -0.2) is 25.7 Å². The summed E-state index contributed by atoms with van der Waals surface area (Å²) in [6.45, 7) is 5.75. The number of benzene rings is 3. The molecule has 3 rings (SSSR count). The minimum atomic E-state index is -0.449. The predicted octanol–water partition coefficient (Wildman–Crippen LogP) is 5.61. The molecule has 160 valence electrons. The smallest absolute Gasteiger partial charge is 0.265 e. The number of carbonyl (C=O) groups excluding carboxylic acids is 3. The molecular formula is C25H25ClN2O3. The van der Waals surface area contributed by atoms with Crippen LogP contribution in [0.15, 0.2) is 60.7 Å². The Kier molecular flexibility index (Phi) is 8.53. The normalized spacial score (nSPS) is 9.84. The van der Waals surface area contributed by atoms with Gasteiger partial charge in [-0.25, -0.2) is 4.90 Å². The Labute approximate surface area is 187 Å². The van der Waals surface area contributed by atoms with E-state index in [1.54, 1.807) is 13.0 Å². The number of nitrogens with one attached hydrogen (secondary N) is 1. The van der Waals surface area contributed by atoms with Crippen LogP contribution in [0.5, 0.6) is 0 Å². The number of carbonyl (C=O) groups is 3. The van der Waals surface area contributed by atoms with Gasteiger partial charge < -0.3 is 5.32 Å². The van der Waals surface area contributed by atoms with Gasteiger partial charge in [0.1, 0.15) is 0 Å². The van der Waals surface area contributed by atoms with Gasteiger partial charge in [0, 0.05) is 23.9 Å². The van der Waals surface area contributed by atoms with E-state index in [-0.39, 0.29) is 10.6 Å². The second-order valence-electron chi connectivity index (χ2n) is 7.04. The van der Waals surface area contributed by atoms with Crippen LogP contribution in [0.2, 0.25) is 5.02 Å². The standard InChI is InChI=1S/C17H14ClNO3.C8H11N/c1-11-3-4-12(2)15(7-11)17(22)19(10-21)14-5-6-16(18)13(8-14)9-20;1-7-3-5-8(9-2)6-4-7/h3-10H,1-2H3;3-6,9H,1-2H3. The van der Waals surface area contributed by atoms with E-state index in [0.29, 0.717) is 23.9 Å². The van der Waals surface area contributed by atoms with Gasteiger partial charge in [-0.05, 0) is 62.7 Å². The molecule has 0 aliphatic carbocycles. The van der Waals surface area contributed by atoms with Gasteiger partial charge in [0.05, 0.1) is 10.7 Å². The fourth-order valence-electron chi connectivity index (χ4n) is 2.81. The van der Waals surface area contributed by atoms with Crippen molar-refractivity contribution in [1.29, 1.82) is 0 Å². The largest absolute Gasteiger partial charge is 0.388 e. The van der Waals surface area contributed by atoms with Crippen molar-refractivity contribution in [3.8, 4) is 0 Å². The average Bonchev–Trinajstić information content (AvgIpc) is 2.78. The molecule has 3 aromatic carbocycles.